The van der Waals surface area contributed by atoms with Crippen molar-refractivity contribution < 1.29 is 37.4 Å². The standard InChI is InChI=1S/C23H24F3N5O5/c1-14(2)12-36-21(35)31(28)22(20(33)34,19(11-32)15-6-4-3-5-7-15)16-8-17(23(24,25)26)10-18(9-16)29-13-30-27/h3-10,13-14H,12,27-28H2,1-2H3,(H,29,30)(H,33,34)/t22-/m0/s1. The minimum atomic E-state index is -4.96. The Hall–Kier alpha value is -4.19. The van der Waals surface area contributed by atoms with Gasteiger partial charge in [-0.3, -0.25) is 0 Å². The van der Waals surface area contributed by atoms with Crippen molar-refractivity contribution in [3.8, 4) is 0 Å². The molecule has 0 aliphatic rings. The van der Waals surface area contributed by atoms with Gasteiger partial charge in [0, 0.05) is 0 Å². The van der Waals surface area contributed by atoms with Crippen molar-refractivity contribution in [2.45, 2.75) is 25.6 Å². The number of carboxylic acid groups (broad SMARTS) is 1. The maximum Gasteiger partial charge on any atom is 0.425 e. The molecule has 1 amide bonds. The molecule has 36 heavy (non-hydrogen) atoms. The van der Waals surface area contributed by atoms with E-state index in [2.05, 4.69) is 4.99 Å². The number of amides is 1. The number of hydrogen-bond donors (Lipinski definition) is 4. The first-order valence-electron chi connectivity index (χ1n) is 10.4. The van der Waals surface area contributed by atoms with Crippen LogP contribution in [0, 0.1) is 5.92 Å². The van der Waals surface area contributed by atoms with Crippen molar-refractivity contribution in [1.82, 2.24) is 10.4 Å². The highest BCUT2D eigenvalue weighted by Gasteiger charge is 2.54. The lowest BCUT2D eigenvalue weighted by atomic mass is 9.78. The van der Waals surface area contributed by atoms with Crippen molar-refractivity contribution >= 4 is 35.6 Å². The topological polar surface area (TPSA) is 160 Å². The van der Waals surface area contributed by atoms with Gasteiger partial charge in [-0.1, -0.05) is 44.2 Å². The fraction of sp³-hybridized carbons (Fsp3) is 0.261. The van der Waals surface area contributed by atoms with Crippen LogP contribution < -0.4 is 17.1 Å². The van der Waals surface area contributed by atoms with Gasteiger partial charge in [-0.05, 0) is 35.2 Å². The molecule has 0 aliphatic carbocycles. The van der Waals surface area contributed by atoms with Crippen LogP contribution in [0.15, 0.2) is 53.5 Å². The zero-order valence-electron chi connectivity index (χ0n) is 19.2. The molecule has 2 aromatic rings. The number of benzene rings is 2. The van der Waals surface area contributed by atoms with E-state index < -0.39 is 46.2 Å². The van der Waals surface area contributed by atoms with E-state index in [1.54, 1.807) is 19.9 Å². The zero-order valence-corrected chi connectivity index (χ0v) is 19.2. The van der Waals surface area contributed by atoms with Crippen LogP contribution in [-0.2, 0) is 26.0 Å². The van der Waals surface area contributed by atoms with Crippen molar-refractivity contribution in [2.24, 2.45) is 22.6 Å². The Morgan fingerprint density at radius 1 is 1.19 bits per heavy atom. The number of hydrazine groups is 2. The van der Waals surface area contributed by atoms with E-state index in [4.69, 9.17) is 16.4 Å². The molecule has 10 nitrogen and oxygen atoms in total. The van der Waals surface area contributed by atoms with Crippen molar-refractivity contribution in [1.29, 1.82) is 0 Å². The number of nitrogens with zero attached hydrogens (tertiary/aromatic N) is 2. The summed E-state index contributed by atoms with van der Waals surface area (Å²) in [6.45, 7) is 3.21. The molecule has 0 saturated carbocycles. The van der Waals surface area contributed by atoms with Gasteiger partial charge in [0.05, 0.1) is 23.4 Å². The number of carbonyl (C=O) groups is 2. The van der Waals surface area contributed by atoms with Crippen LogP contribution in [0.25, 0.3) is 5.57 Å². The summed E-state index contributed by atoms with van der Waals surface area (Å²) >= 11 is 0. The third kappa shape index (κ3) is 5.89. The van der Waals surface area contributed by atoms with Gasteiger partial charge in [0.2, 0.25) is 5.54 Å². The van der Waals surface area contributed by atoms with Gasteiger partial charge in [-0.25, -0.2) is 36.1 Å². The Morgan fingerprint density at radius 3 is 2.31 bits per heavy atom. The molecule has 0 aromatic heterocycles. The van der Waals surface area contributed by atoms with Crippen molar-refractivity contribution in [3.05, 3.63) is 65.2 Å². The maximum absolute atomic E-state index is 13.8. The van der Waals surface area contributed by atoms with Crippen LogP contribution in [0.2, 0.25) is 0 Å². The highest BCUT2D eigenvalue weighted by Crippen LogP contribution is 2.43. The Labute approximate surface area is 204 Å². The SMILES string of the molecule is CC(C)COC(=O)N(N)[C@](C(=O)O)(C(=C=O)c1ccccc1)c1cc(N=CNN)cc(C(F)(F)F)c1. The van der Waals surface area contributed by atoms with Gasteiger partial charge in [-0.15, -0.1) is 0 Å². The molecule has 192 valence electrons. The van der Waals surface area contributed by atoms with E-state index in [9.17, 15) is 32.7 Å². The number of hydrogen-bond acceptors (Lipinski definition) is 7. The summed E-state index contributed by atoms with van der Waals surface area (Å²) in [7, 11) is 0. The molecule has 0 radical (unpaired) electrons. The van der Waals surface area contributed by atoms with Crippen molar-refractivity contribution in [3.63, 3.8) is 0 Å². The van der Waals surface area contributed by atoms with E-state index >= 15 is 0 Å². The summed E-state index contributed by atoms with van der Waals surface area (Å²) in [5.41, 5.74) is -4.22. The lowest BCUT2D eigenvalue weighted by molar-refractivity contribution is -0.148. The van der Waals surface area contributed by atoms with E-state index in [1.165, 1.54) is 30.2 Å². The van der Waals surface area contributed by atoms with Crippen molar-refractivity contribution in [2.75, 3.05) is 6.61 Å². The summed E-state index contributed by atoms with van der Waals surface area (Å²) in [4.78, 5) is 41.7. The molecule has 1 atom stereocenters. The fourth-order valence-electron chi connectivity index (χ4n) is 3.30. The summed E-state index contributed by atoms with van der Waals surface area (Å²) < 4.78 is 46.4. The number of carbonyl (C=O) groups excluding carboxylic acids is 2. The van der Waals surface area contributed by atoms with Gasteiger partial charge < -0.3 is 15.3 Å². The van der Waals surface area contributed by atoms with Crippen LogP contribution in [0.5, 0.6) is 0 Å². The van der Waals surface area contributed by atoms with E-state index in [0.29, 0.717) is 12.1 Å². The highest BCUT2D eigenvalue weighted by molar-refractivity contribution is 6.08. The normalized spacial score (nSPS) is 13.1. The third-order valence-electron chi connectivity index (χ3n) is 4.89. The number of aliphatic carboxylic acids is 1. The number of alkyl halides is 3. The van der Waals surface area contributed by atoms with Gasteiger partial charge in [0.1, 0.15) is 12.3 Å². The Bertz CT molecular complexity index is 1180. The second-order valence-electron chi connectivity index (χ2n) is 7.89. The van der Waals surface area contributed by atoms with Gasteiger partial charge in [-0.2, -0.15) is 13.2 Å². The van der Waals surface area contributed by atoms with Gasteiger partial charge >= 0.3 is 18.2 Å². The number of carboxylic acids is 1. The first kappa shape index (κ1) is 28.1. The Morgan fingerprint density at radius 2 is 1.81 bits per heavy atom. The lowest BCUT2D eigenvalue weighted by Crippen LogP contribution is -2.59. The Kier molecular flexibility index (Phi) is 8.95. The average molecular weight is 507 g/mol. The molecule has 2 aromatic carbocycles. The maximum atomic E-state index is 13.8. The quantitative estimate of drug-likeness (QED) is 0.101. The van der Waals surface area contributed by atoms with Gasteiger partial charge in [0.15, 0.2) is 0 Å². The summed E-state index contributed by atoms with van der Waals surface area (Å²) in [5.74, 6) is 10.4. The van der Waals surface area contributed by atoms with E-state index in [1.807, 2.05) is 5.43 Å². The highest BCUT2D eigenvalue weighted by atomic mass is 19.4. The summed E-state index contributed by atoms with van der Waals surface area (Å²) in [5, 5.41) is 10.5. The number of rotatable bonds is 9. The lowest BCUT2D eigenvalue weighted by Gasteiger charge is -2.38. The molecule has 0 bridgehead atoms. The fourth-order valence-corrected chi connectivity index (χ4v) is 3.30. The number of nitrogens with two attached hydrogens (primary N) is 2. The van der Waals surface area contributed by atoms with Crippen LogP contribution >= 0.6 is 0 Å². The smallest absolute Gasteiger partial charge is 0.425 e. The number of ether oxygens (including phenoxy) is 1. The molecule has 0 saturated heterocycles. The Balaban J connectivity index is 2.99. The second kappa shape index (κ2) is 11.5. The first-order valence-corrected chi connectivity index (χ1v) is 10.4. The monoisotopic (exact) mass is 507 g/mol. The molecule has 0 spiro atoms. The molecule has 0 aliphatic heterocycles. The predicted molar refractivity (Wildman–Crippen MR) is 124 cm³/mol. The van der Waals surface area contributed by atoms with E-state index in [0.717, 1.165) is 12.4 Å². The molecule has 0 heterocycles. The first-order chi connectivity index (χ1) is 16.9. The van der Waals surface area contributed by atoms with Crippen LogP contribution in [0.4, 0.5) is 23.7 Å². The summed E-state index contributed by atoms with van der Waals surface area (Å²) in [6.07, 6.45) is -5.51. The predicted octanol–water partition coefficient (Wildman–Crippen LogP) is 2.99. The number of nitrogens with one attached hydrogen (secondary N) is 1. The minimum Gasteiger partial charge on any atom is -0.479 e. The summed E-state index contributed by atoms with van der Waals surface area (Å²) in [6, 6.07) is 9.09. The molecule has 6 N–H and O–H groups in total. The van der Waals surface area contributed by atoms with E-state index in [-0.39, 0.29) is 23.1 Å². The van der Waals surface area contributed by atoms with Crippen LogP contribution in [0.3, 0.4) is 0 Å². The average Bonchev–Trinajstić information content (AvgIpc) is 2.83. The molecule has 2 rings (SSSR count). The molecular weight excluding hydrogens is 483 g/mol. The van der Waals surface area contributed by atoms with Crippen LogP contribution in [-0.4, -0.2) is 41.1 Å². The number of aliphatic imine (C=N–C) groups is 1. The third-order valence-corrected chi connectivity index (χ3v) is 4.89. The molecule has 13 heteroatoms. The molecule has 0 unspecified atom stereocenters. The minimum absolute atomic E-state index is 0.0619. The molecular formula is C23H24F3N5O5. The van der Waals surface area contributed by atoms with Crippen LogP contribution in [0.1, 0.15) is 30.5 Å². The number of halogens is 3. The van der Waals surface area contributed by atoms with Gasteiger partial charge in [0.25, 0.3) is 0 Å². The zero-order chi connectivity index (χ0) is 27.1. The second-order valence-corrected chi connectivity index (χ2v) is 7.89. The molecule has 0 fully saturated rings. The largest absolute Gasteiger partial charge is 0.479 e.